The van der Waals surface area contributed by atoms with E-state index in [1.807, 2.05) is 11.8 Å². The molecule has 2 heterocycles. The lowest BCUT2D eigenvalue weighted by Crippen LogP contribution is -2.44. The fourth-order valence-corrected chi connectivity index (χ4v) is 3.39. The molecule has 3 rings (SSSR count). The summed E-state index contributed by atoms with van der Waals surface area (Å²) in [4.78, 5) is 10.5. The van der Waals surface area contributed by atoms with Gasteiger partial charge in [-0.2, -0.15) is 8.78 Å². The number of nitrogens with one attached hydrogen (secondary N) is 2. The molecule has 0 radical (unpaired) electrons. The van der Waals surface area contributed by atoms with Gasteiger partial charge in [0.05, 0.1) is 18.3 Å². The van der Waals surface area contributed by atoms with Crippen molar-refractivity contribution in [3.63, 3.8) is 0 Å². The normalized spacial score (nSPS) is 17.8. The van der Waals surface area contributed by atoms with Crippen molar-refractivity contribution in [2.45, 2.75) is 32.1 Å². The summed E-state index contributed by atoms with van der Waals surface area (Å²) in [5, 5.41) is 16.9. The van der Waals surface area contributed by atoms with Crippen LogP contribution in [0.15, 0.2) is 53.8 Å². The number of guanidine groups is 1. The highest BCUT2D eigenvalue weighted by atomic mass is 19.3. The van der Waals surface area contributed by atoms with E-state index in [4.69, 9.17) is 0 Å². The van der Waals surface area contributed by atoms with Crippen molar-refractivity contribution in [1.82, 2.24) is 15.6 Å². The Balaban J connectivity index is 1.61. The number of nitrogens with zero attached hydrogens (tertiary/aromatic N) is 3. The van der Waals surface area contributed by atoms with Crippen LogP contribution in [0.2, 0.25) is 0 Å². The third-order valence-corrected chi connectivity index (χ3v) is 4.81. The Kier molecular flexibility index (Phi) is 7.78. The van der Waals surface area contributed by atoms with Crippen LogP contribution in [-0.4, -0.2) is 54.9 Å². The number of benzene rings is 1. The Bertz CT molecular complexity index is 822. The summed E-state index contributed by atoms with van der Waals surface area (Å²) in [6.07, 6.45) is 3.37. The van der Waals surface area contributed by atoms with Gasteiger partial charge in [-0.05, 0) is 43.2 Å². The van der Waals surface area contributed by atoms with Crippen molar-refractivity contribution in [2.24, 2.45) is 4.99 Å². The average molecular weight is 419 g/mol. The van der Waals surface area contributed by atoms with Gasteiger partial charge in [0.1, 0.15) is 5.75 Å². The second kappa shape index (κ2) is 10.7. The van der Waals surface area contributed by atoms with E-state index in [-0.39, 0.29) is 18.3 Å². The highest BCUT2D eigenvalue weighted by Crippen LogP contribution is 2.31. The van der Waals surface area contributed by atoms with Crippen molar-refractivity contribution in [1.29, 1.82) is 0 Å². The summed E-state index contributed by atoms with van der Waals surface area (Å²) >= 11 is 0. The molecule has 9 heteroatoms. The molecule has 0 amide bonds. The molecule has 2 atom stereocenters. The lowest BCUT2D eigenvalue weighted by molar-refractivity contribution is -0.0495. The predicted molar refractivity (Wildman–Crippen MR) is 112 cm³/mol. The van der Waals surface area contributed by atoms with E-state index in [1.165, 1.54) is 0 Å². The highest BCUT2D eigenvalue weighted by Gasteiger charge is 2.26. The molecule has 1 aliphatic rings. The number of aliphatic imine (C=N–C) groups is 1. The Morgan fingerprint density at radius 2 is 2.07 bits per heavy atom. The number of aliphatic hydroxyl groups is 1. The van der Waals surface area contributed by atoms with E-state index >= 15 is 0 Å². The lowest BCUT2D eigenvalue weighted by atomic mass is 10.1. The van der Waals surface area contributed by atoms with E-state index in [2.05, 4.69) is 25.3 Å². The van der Waals surface area contributed by atoms with E-state index in [0.29, 0.717) is 31.3 Å². The van der Waals surface area contributed by atoms with E-state index in [9.17, 15) is 13.9 Å². The number of halogens is 2. The quantitative estimate of drug-likeness (QED) is 0.451. The van der Waals surface area contributed by atoms with Gasteiger partial charge in [-0.25, -0.2) is 0 Å². The monoisotopic (exact) mass is 419 g/mol. The molecule has 1 saturated heterocycles. The third-order valence-electron chi connectivity index (χ3n) is 4.81. The topological polar surface area (TPSA) is 82.0 Å². The maximum atomic E-state index is 12.7. The van der Waals surface area contributed by atoms with E-state index in [1.54, 1.807) is 48.8 Å². The van der Waals surface area contributed by atoms with Crippen LogP contribution < -0.4 is 20.3 Å². The number of aliphatic hydroxyl groups excluding tert-OH is 1. The minimum absolute atomic E-state index is 0.0838. The van der Waals surface area contributed by atoms with Crippen LogP contribution in [0, 0.1) is 0 Å². The number of ether oxygens (including phenoxy) is 1. The molecular weight excluding hydrogens is 392 g/mol. The molecule has 0 bridgehead atoms. The molecule has 162 valence electrons. The molecule has 1 aromatic heterocycles. The third kappa shape index (κ3) is 6.03. The van der Waals surface area contributed by atoms with Gasteiger partial charge in [0.2, 0.25) is 0 Å². The summed E-state index contributed by atoms with van der Waals surface area (Å²) in [6, 6.07) is 10.4. The van der Waals surface area contributed by atoms with Crippen molar-refractivity contribution in [2.75, 3.05) is 31.1 Å². The Morgan fingerprint density at radius 1 is 1.30 bits per heavy atom. The van der Waals surface area contributed by atoms with Gasteiger partial charge >= 0.3 is 6.61 Å². The maximum Gasteiger partial charge on any atom is 0.387 e. The van der Waals surface area contributed by atoms with Crippen molar-refractivity contribution in [3.05, 3.63) is 54.4 Å². The van der Waals surface area contributed by atoms with Crippen LogP contribution in [0.1, 0.15) is 25.0 Å². The fourth-order valence-electron chi connectivity index (χ4n) is 3.39. The van der Waals surface area contributed by atoms with Gasteiger partial charge in [-0.15, -0.1) is 0 Å². The standard InChI is InChI=1S/C21H27F2N5O2/c1-2-25-21(26-13-18(29)15-7-10-24-11-8-15)27-16-9-12-28(14-16)17-5-3-4-6-19(17)30-20(22)23/h3-8,10-11,16,18,20,29H,2,9,12-14H2,1H3,(H2,25,26,27). The van der Waals surface area contributed by atoms with Gasteiger partial charge in [-0.3, -0.25) is 9.98 Å². The van der Waals surface area contributed by atoms with Crippen LogP contribution in [0.25, 0.3) is 0 Å². The number of rotatable bonds is 8. The van der Waals surface area contributed by atoms with Crippen LogP contribution in [0.3, 0.4) is 0 Å². The summed E-state index contributed by atoms with van der Waals surface area (Å²) in [7, 11) is 0. The molecular formula is C21H27F2N5O2. The van der Waals surface area contributed by atoms with E-state index in [0.717, 1.165) is 12.0 Å². The van der Waals surface area contributed by atoms with Crippen molar-refractivity contribution < 1.29 is 18.6 Å². The fraction of sp³-hybridized carbons (Fsp3) is 0.429. The van der Waals surface area contributed by atoms with E-state index < -0.39 is 12.7 Å². The van der Waals surface area contributed by atoms with Crippen LogP contribution in [0.4, 0.5) is 14.5 Å². The number of alkyl halides is 2. The number of aromatic nitrogens is 1. The molecule has 1 aromatic carbocycles. The smallest absolute Gasteiger partial charge is 0.387 e. The lowest BCUT2D eigenvalue weighted by Gasteiger charge is -2.22. The number of anilines is 1. The molecule has 0 aliphatic carbocycles. The van der Waals surface area contributed by atoms with Crippen LogP contribution in [-0.2, 0) is 0 Å². The minimum Gasteiger partial charge on any atom is -0.433 e. The van der Waals surface area contributed by atoms with Gasteiger partial charge in [0.25, 0.3) is 0 Å². The molecule has 3 N–H and O–H groups in total. The number of para-hydroxylation sites is 2. The SMILES string of the molecule is CCNC(=NCC(O)c1ccncc1)NC1CCN(c2ccccc2OC(F)F)C1. The zero-order valence-corrected chi connectivity index (χ0v) is 16.8. The second-order valence-electron chi connectivity index (χ2n) is 6.94. The van der Waals surface area contributed by atoms with Gasteiger partial charge in [0, 0.05) is 38.1 Å². The number of hydrogen-bond acceptors (Lipinski definition) is 5. The Labute approximate surface area is 174 Å². The van der Waals surface area contributed by atoms with Crippen LogP contribution in [0.5, 0.6) is 5.75 Å². The molecule has 1 fully saturated rings. The summed E-state index contributed by atoms with van der Waals surface area (Å²) in [6.45, 7) is 1.33. The first-order chi connectivity index (χ1) is 14.6. The summed E-state index contributed by atoms with van der Waals surface area (Å²) in [5.41, 5.74) is 1.41. The first kappa shape index (κ1) is 21.8. The van der Waals surface area contributed by atoms with Crippen LogP contribution >= 0.6 is 0 Å². The van der Waals surface area contributed by atoms with Gasteiger partial charge < -0.3 is 25.4 Å². The minimum atomic E-state index is -2.86. The van der Waals surface area contributed by atoms with Crippen molar-refractivity contribution in [3.8, 4) is 5.75 Å². The highest BCUT2D eigenvalue weighted by molar-refractivity contribution is 5.80. The van der Waals surface area contributed by atoms with Gasteiger partial charge in [-0.1, -0.05) is 12.1 Å². The predicted octanol–water partition coefficient (Wildman–Crippen LogP) is 2.55. The average Bonchev–Trinajstić information content (AvgIpc) is 3.21. The second-order valence-corrected chi connectivity index (χ2v) is 6.94. The molecule has 0 spiro atoms. The zero-order valence-electron chi connectivity index (χ0n) is 16.8. The summed E-state index contributed by atoms with van der Waals surface area (Å²) in [5.74, 6) is 0.781. The first-order valence-electron chi connectivity index (χ1n) is 9.98. The number of pyridine rings is 1. The number of hydrogen-bond donors (Lipinski definition) is 3. The molecule has 30 heavy (non-hydrogen) atoms. The maximum absolute atomic E-state index is 12.7. The first-order valence-corrected chi connectivity index (χ1v) is 9.98. The molecule has 2 unspecified atom stereocenters. The molecule has 0 saturated carbocycles. The van der Waals surface area contributed by atoms with Gasteiger partial charge in [0.15, 0.2) is 5.96 Å². The Hall–Kier alpha value is -2.94. The molecule has 1 aliphatic heterocycles. The largest absolute Gasteiger partial charge is 0.433 e. The van der Waals surface area contributed by atoms with Crippen molar-refractivity contribution >= 4 is 11.6 Å². The molecule has 2 aromatic rings. The summed E-state index contributed by atoms with van der Waals surface area (Å²) < 4.78 is 30.0. The zero-order chi connectivity index (χ0) is 21.3. The Morgan fingerprint density at radius 3 is 2.80 bits per heavy atom. The molecule has 7 nitrogen and oxygen atoms in total.